The standard InChI is InChI=1S/C32H32N2O2/c1-22(24-14-6-3-7-15-24)33-21-30(35)29(20-23-12-4-2-5-13-23)34-32(36)31-27-18-10-8-16-25(27)26-17-9-11-19-28(26)31/h2-19,22,29-31,33,35H,20-21H2,1H3,(H,34,36)/t22-,29-,30+/m0/s1. The molecule has 0 spiro atoms. The maximum Gasteiger partial charge on any atom is 0.232 e. The number of hydrogen-bond donors (Lipinski definition) is 3. The predicted octanol–water partition coefficient (Wildman–Crippen LogP) is 5.24. The molecule has 4 heteroatoms. The molecule has 0 heterocycles. The topological polar surface area (TPSA) is 61.4 Å². The van der Waals surface area contributed by atoms with Crippen LogP contribution in [0.1, 0.15) is 41.1 Å². The van der Waals surface area contributed by atoms with Gasteiger partial charge in [0.15, 0.2) is 0 Å². The lowest BCUT2D eigenvalue weighted by Gasteiger charge is -2.28. The van der Waals surface area contributed by atoms with Crippen LogP contribution in [-0.2, 0) is 11.2 Å². The van der Waals surface area contributed by atoms with Gasteiger partial charge >= 0.3 is 0 Å². The van der Waals surface area contributed by atoms with Crippen LogP contribution in [0.15, 0.2) is 109 Å². The third kappa shape index (κ3) is 5.11. The molecule has 36 heavy (non-hydrogen) atoms. The summed E-state index contributed by atoms with van der Waals surface area (Å²) in [6.07, 6.45) is -0.210. The molecular weight excluding hydrogens is 444 g/mol. The molecular formula is C32H32N2O2. The van der Waals surface area contributed by atoms with E-state index in [1.165, 1.54) is 0 Å². The number of hydrogen-bond acceptors (Lipinski definition) is 3. The molecule has 0 unspecified atom stereocenters. The first-order valence-electron chi connectivity index (χ1n) is 12.6. The Labute approximate surface area is 213 Å². The zero-order valence-electron chi connectivity index (χ0n) is 20.5. The van der Waals surface area contributed by atoms with Gasteiger partial charge in [-0.05, 0) is 46.7 Å². The number of fused-ring (bicyclic) bond motifs is 3. The molecule has 4 aromatic rings. The van der Waals surface area contributed by atoms with Crippen LogP contribution in [-0.4, -0.2) is 29.7 Å². The molecule has 0 aliphatic heterocycles. The van der Waals surface area contributed by atoms with Crippen molar-refractivity contribution >= 4 is 5.91 Å². The third-order valence-electron chi connectivity index (χ3n) is 7.12. The minimum Gasteiger partial charge on any atom is -0.390 e. The van der Waals surface area contributed by atoms with Crippen LogP contribution in [0.5, 0.6) is 0 Å². The molecule has 1 aliphatic rings. The third-order valence-corrected chi connectivity index (χ3v) is 7.12. The van der Waals surface area contributed by atoms with Crippen molar-refractivity contribution in [2.75, 3.05) is 6.54 Å². The SMILES string of the molecule is C[C@H](NC[C@@H](O)[C@H](Cc1ccccc1)NC(=O)C1c2ccccc2-c2ccccc21)c1ccccc1. The number of carbonyl (C=O) groups excluding carboxylic acids is 1. The summed E-state index contributed by atoms with van der Waals surface area (Å²) in [4.78, 5) is 13.8. The first-order chi connectivity index (χ1) is 17.6. The Kier molecular flexibility index (Phi) is 7.26. The first-order valence-corrected chi connectivity index (χ1v) is 12.6. The smallest absolute Gasteiger partial charge is 0.232 e. The number of aliphatic hydroxyl groups is 1. The van der Waals surface area contributed by atoms with E-state index in [-0.39, 0.29) is 17.9 Å². The van der Waals surface area contributed by atoms with Crippen LogP contribution in [0.4, 0.5) is 0 Å². The van der Waals surface area contributed by atoms with E-state index in [0.29, 0.717) is 13.0 Å². The van der Waals surface area contributed by atoms with Gasteiger partial charge in [-0.15, -0.1) is 0 Å². The molecule has 1 aliphatic carbocycles. The number of nitrogens with one attached hydrogen (secondary N) is 2. The van der Waals surface area contributed by atoms with Crippen molar-refractivity contribution in [3.05, 3.63) is 131 Å². The van der Waals surface area contributed by atoms with Gasteiger partial charge in [-0.25, -0.2) is 0 Å². The van der Waals surface area contributed by atoms with E-state index in [0.717, 1.165) is 33.4 Å². The number of aliphatic hydroxyl groups excluding tert-OH is 1. The van der Waals surface area contributed by atoms with Gasteiger partial charge in [0.1, 0.15) is 0 Å². The second-order valence-corrected chi connectivity index (χ2v) is 9.52. The van der Waals surface area contributed by atoms with E-state index < -0.39 is 12.1 Å². The molecule has 4 nitrogen and oxygen atoms in total. The highest BCUT2D eigenvalue weighted by molar-refractivity contribution is 5.96. The Morgan fingerprint density at radius 3 is 1.92 bits per heavy atom. The molecule has 0 fully saturated rings. The summed E-state index contributed by atoms with van der Waals surface area (Å²) in [6.45, 7) is 2.45. The fourth-order valence-electron chi connectivity index (χ4n) is 5.15. The Balaban J connectivity index is 1.36. The number of benzene rings is 4. The predicted molar refractivity (Wildman–Crippen MR) is 145 cm³/mol. The molecule has 3 atom stereocenters. The molecule has 0 saturated carbocycles. The summed E-state index contributed by atoms with van der Waals surface area (Å²) >= 11 is 0. The second kappa shape index (κ2) is 10.9. The van der Waals surface area contributed by atoms with Gasteiger partial charge < -0.3 is 15.7 Å². The second-order valence-electron chi connectivity index (χ2n) is 9.52. The van der Waals surface area contributed by atoms with Gasteiger partial charge in [-0.3, -0.25) is 4.79 Å². The monoisotopic (exact) mass is 476 g/mol. The summed E-state index contributed by atoms with van der Waals surface area (Å²) in [5.74, 6) is -0.470. The normalized spacial score (nSPS) is 14.9. The maximum absolute atomic E-state index is 13.8. The lowest BCUT2D eigenvalue weighted by atomic mass is 9.94. The van der Waals surface area contributed by atoms with Crippen LogP contribution in [0.2, 0.25) is 0 Å². The highest BCUT2D eigenvalue weighted by atomic mass is 16.3. The average molecular weight is 477 g/mol. The summed E-state index contributed by atoms with van der Waals surface area (Å²) in [7, 11) is 0. The minimum atomic E-state index is -0.757. The lowest BCUT2D eigenvalue weighted by Crippen LogP contribution is -2.50. The zero-order chi connectivity index (χ0) is 24.9. The van der Waals surface area contributed by atoms with Crippen LogP contribution in [0, 0.1) is 0 Å². The molecule has 0 bridgehead atoms. The summed E-state index contributed by atoms with van der Waals surface area (Å²) in [5, 5.41) is 17.9. The van der Waals surface area contributed by atoms with Gasteiger partial charge in [0.25, 0.3) is 0 Å². The number of carbonyl (C=O) groups is 1. The van der Waals surface area contributed by atoms with Gasteiger partial charge in [0.2, 0.25) is 5.91 Å². The number of amides is 1. The van der Waals surface area contributed by atoms with Crippen LogP contribution >= 0.6 is 0 Å². The van der Waals surface area contributed by atoms with E-state index in [1.54, 1.807) is 0 Å². The molecule has 1 amide bonds. The van der Waals surface area contributed by atoms with Crippen LogP contribution < -0.4 is 10.6 Å². The maximum atomic E-state index is 13.8. The quantitative estimate of drug-likeness (QED) is 0.310. The van der Waals surface area contributed by atoms with E-state index >= 15 is 0 Å². The Morgan fingerprint density at radius 1 is 0.778 bits per heavy atom. The van der Waals surface area contributed by atoms with E-state index in [9.17, 15) is 9.90 Å². The fraction of sp³-hybridized carbons (Fsp3) is 0.219. The fourth-order valence-corrected chi connectivity index (χ4v) is 5.15. The van der Waals surface area contributed by atoms with Gasteiger partial charge in [0.05, 0.1) is 18.1 Å². The van der Waals surface area contributed by atoms with Crippen molar-refractivity contribution in [3.8, 4) is 11.1 Å². The van der Waals surface area contributed by atoms with Gasteiger partial charge in [0, 0.05) is 12.6 Å². The van der Waals surface area contributed by atoms with Crippen molar-refractivity contribution < 1.29 is 9.90 Å². The molecule has 182 valence electrons. The highest BCUT2D eigenvalue weighted by Crippen LogP contribution is 2.44. The number of rotatable bonds is 9. The van der Waals surface area contributed by atoms with E-state index in [4.69, 9.17) is 0 Å². The molecule has 5 rings (SSSR count). The van der Waals surface area contributed by atoms with Crippen molar-refractivity contribution in [1.82, 2.24) is 10.6 Å². The molecule has 0 saturated heterocycles. The molecule has 0 aromatic heterocycles. The van der Waals surface area contributed by atoms with E-state index in [2.05, 4.69) is 41.8 Å². The van der Waals surface area contributed by atoms with Crippen molar-refractivity contribution in [2.45, 2.75) is 37.5 Å². The van der Waals surface area contributed by atoms with Crippen LogP contribution in [0.25, 0.3) is 11.1 Å². The summed E-state index contributed by atoms with van der Waals surface area (Å²) in [6, 6.07) is 36.0. The van der Waals surface area contributed by atoms with E-state index in [1.807, 2.05) is 84.9 Å². The van der Waals surface area contributed by atoms with Crippen molar-refractivity contribution in [1.29, 1.82) is 0 Å². The molecule has 0 radical (unpaired) electrons. The minimum absolute atomic E-state index is 0.0801. The highest BCUT2D eigenvalue weighted by Gasteiger charge is 2.35. The van der Waals surface area contributed by atoms with Crippen LogP contribution in [0.3, 0.4) is 0 Å². The summed E-state index contributed by atoms with van der Waals surface area (Å²) < 4.78 is 0. The van der Waals surface area contributed by atoms with Crippen molar-refractivity contribution in [2.24, 2.45) is 0 Å². The Bertz CT molecular complexity index is 1260. The first kappa shape index (κ1) is 24.0. The summed E-state index contributed by atoms with van der Waals surface area (Å²) in [5.41, 5.74) is 6.47. The zero-order valence-corrected chi connectivity index (χ0v) is 20.5. The molecule has 3 N–H and O–H groups in total. The largest absolute Gasteiger partial charge is 0.390 e. The Morgan fingerprint density at radius 2 is 1.31 bits per heavy atom. The molecule has 4 aromatic carbocycles. The van der Waals surface area contributed by atoms with Crippen molar-refractivity contribution in [3.63, 3.8) is 0 Å². The van der Waals surface area contributed by atoms with Gasteiger partial charge in [-0.1, -0.05) is 109 Å². The average Bonchev–Trinajstić information content (AvgIpc) is 3.27. The van der Waals surface area contributed by atoms with Gasteiger partial charge in [-0.2, -0.15) is 0 Å². The lowest BCUT2D eigenvalue weighted by molar-refractivity contribution is -0.123. The Hall–Kier alpha value is -3.73.